The number of benzene rings is 2. The molecule has 6 nitrogen and oxygen atoms in total. The summed E-state index contributed by atoms with van der Waals surface area (Å²) in [6.07, 6.45) is 0. The molecule has 1 saturated heterocycles. The van der Waals surface area contributed by atoms with Crippen molar-refractivity contribution in [2.75, 3.05) is 24.4 Å². The Morgan fingerprint density at radius 2 is 2.04 bits per heavy atom. The van der Waals surface area contributed by atoms with Gasteiger partial charge in [0.15, 0.2) is 0 Å². The molecular weight excluding hydrogens is 369 g/mol. The van der Waals surface area contributed by atoms with Crippen LogP contribution < -0.4 is 10.0 Å². The average Bonchev–Trinajstić information content (AvgIpc) is 2.63. The first-order valence-electron chi connectivity index (χ1n) is 8.68. The summed E-state index contributed by atoms with van der Waals surface area (Å²) in [6, 6.07) is 10.1. The summed E-state index contributed by atoms with van der Waals surface area (Å²) in [5, 5.41) is 3.22. The summed E-state index contributed by atoms with van der Waals surface area (Å²) in [7, 11) is -3.96. The van der Waals surface area contributed by atoms with Crippen LogP contribution in [0.15, 0.2) is 47.4 Å². The lowest BCUT2D eigenvalue weighted by Crippen LogP contribution is -2.52. The molecule has 27 heavy (non-hydrogen) atoms. The van der Waals surface area contributed by atoms with Gasteiger partial charge in [-0.3, -0.25) is 9.52 Å². The number of hydrogen-bond acceptors (Lipinski definition) is 4. The Kier molecular flexibility index (Phi) is 5.48. The number of sulfonamides is 1. The summed E-state index contributed by atoms with van der Waals surface area (Å²) >= 11 is 0. The predicted octanol–water partition coefficient (Wildman–Crippen LogP) is 2.37. The Hall–Kier alpha value is -2.45. The van der Waals surface area contributed by atoms with E-state index in [0.29, 0.717) is 17.7 Å². The van der Waals surface area contributed by atoms with Gasteiger partial charge in [-0.05, 0) is 49.7 Å². The molecule has 0 saturated carbocycles. The zero-order valence-corrected chi connectivity index (χ0v) is 16.0. The van der Waals surface area contributed by atoms with Gasteiger partial charge in [0.05, 0.1) is 4.90 Å². The van der Waals surface area contributed by atoms with Gasteiger partial charge in [0.1, 0.15) is 5.82 Å². The maximum Gasteiger partial charge on any atom is 0.261 e. The van der Waals surface area contributed by atoms with Crippen molar-refractivity contribution in [1.29, 1.82) is 0 Å². The Bertz CT molecular complexity index is 962. The largest absolute Gasteiger partial charge is 0.333 e. The van der Waals surface area contributed by atoms with Crippen LogP contribution in [0.2, 0.25) is 0 Å². The minimum absolute atomic E-state index is 0.0575. The molecule has 2 aromatic carbocycles. The molecule has 2 aromatic rings. The first-order chi connectivity index (χ1) is 12.8. The third-order valence-corrected chi connectivity index (χ3v) is 5.96. The SMILES string of the molecule is Cc1ccc(S(=O)(=O)Nc2cccc(C(=O)N3CCNCC3C)c2)cc1F. The van der Waals surface area contributed by atoms with Crippen molar-refractivity contribution >= 4 is 21.6 Å². The van der Waals surface area contributed by atoms with Crippen LogP contribution in [0.4, 0.5) is 10.1 Å². The van der Waals surface area contributed by atoms with Gasteiger partial charge in [0.2, 0.25) is 0 Å². The van der Waals surface area contributed by atoms with E-state index in [0.717, 1.165) is 19.2 Å². The van der Waals surface area contributed by atoms with Crippen LogP contribution in [0.1, 0.15) is 22.8 Å². The van der Waals surface area contributed by atoms with E-state index in [9.17, 15) is 17.6 Å². The molecule has 0 radical (unpaired) electrons. The summed E-state index contributed by atoms with van der Waals surface area (Å²) in [5.74, 6) is -0.735. The van der Waals surface area contributed by atoms with Gasteiger partial charge in [-0.15, -0.1) is 0 Å². The van der Waals surface area contributed by atoms with Gasteiger partial charge in [-0.25, -0.2) is 12.8 Å². The smallest absolute Gasteiger partial charge is 0.261 e. The summed E-state index contributed by atoms with van der Waals surface area (Å²) in [6.45, 7) is 5.56. The van der Waals surface area contributed by atoms with Crippen LogP contribution in [0.5, 0.6) is 0 Å². The van der Waals surface area contributed by atoms with E-state index in [1.165, 1.54) is 18.2 Å². The highest BCUT2D eigenvalue weighted by Crippen LogP contribution is 2.20. The Morgan fingerprint density at radius 1 is 1.26 bits per heavy atom. The summed E-state index contributed by atoms with van der Waals surface area (Å²) < 4.78 is 41.2. The van der Waals surface area contributed by atoms with Gasteiger partial charge in [-0.1, -0.05) is 12.1 Å². The van der Waals surface area contributed by atoms with Crippen molar-refractivity contribution in [2.45, 2.75) is 24.8 Å². The molecule has 1 unspecified atom stereocenters. The standard InChI is InChI=1S/C19H22FN3O3S/c1-13-6-7-17(11-18(13)20)27(25,26)22-16-5-3-4-15(10-16)19(24)23-9-8-21-12-14(23)2/h3-7,10-11,14,21-22H,8-9,12H2,1-2H3. The monoisotopic (exact) mass is 391 g/mol. The van der Waals surface area contributed by atoms with Gasteiger partial charge in [-0.2, -0.15) is 0 Å². The molecule has 1 atom stereocenters. The molecule has 1 amide bonds. The minimum atomic E-state index is -3.96. The van der Waals surface area contributed by atoms with Crippen molar-refractivity contribution in [2.24, 2.45) is 0 Å². The highest BCUT2D eigenvalue weighted by atomic mass is 32.2. The van der Waals surface area contributed by atoms with E-state index in [2.05, 4.69) is 10.0 Å². The quantitative estimate of drug-likeness (QED) is 0.839. The highest BCUT2D eigenvalue weighted by Gasteiger charge is 2.24. The topological polar surface area (TPSA) is 78.5 Å². The normalized spacial score (nSPS) is 17.6. The third-order valence-electron chi connectivity index (χ3n) is 4.58. The first kappa shape index (κ1) is 19.3. The fourth-order valence-corrected chi connectivity index (χ4v) is 4.04. The van der Waals surface area contributed by atoms with E-state index in [4.69, 9.17) is 0 Å². The van der Waals surface area contributed by atoms with Crippen molar-refractivity contribution in [3.05, 3.63) is 59.4 Å². The zero-order chi connectivity index (χ0) is 19.6. The first-order valence-corrected chi connectivity index (χ1v) is 10.2. The summed E-state index contributed by atoms with van der Waals surface area (Å²) in [5.41, 5.74) is 1.02. The lowest BCUT2D eigenvalue weighted by atomic mass is 10.1. The highest BCUT2D eigenvalue weighted by molar-refractivity contribution is 7.92. The number of carbonyl (C=O) groups is 1. The molecule has 0 aliphatic carbocycles. The Labute approximate surface area is 158 Å². The fraction of sp³-hybridized carbons (Fsp3) is 0.316. The molecular formula is C19H22FN3O3S. The van der Waals surface area contributed by atoms with Crippen LogP contribution >= 0.6 is 0 Å². The van der Waals surface area contributed by atoms with Gasteiger partial charge in [0.25, 0.3) is 15.9 Å². The number of carbonyl (C=O) groups excluding carboxylic acids is 1. The number of halogens is 1. The molecule has 1 aliphatic heterocycles. The number of anilines is 1. The number of amides is 1. The number of nitrogens with zero attached hydrogens (tertiary/aromatic N) is 1. The molecule has 1 fully saturated rings. The molecule has 3 rings (SSSR count). The van der Waals surface area contributed by atoms with E-state index in [1.54, 1.807) is 30.0 Å². The van der Waals surface area contributed by atoms with Gasteiger partial charge >= 0.3 is 0 Å². The molecule has 8 heteroatoms. The van der Waals surface area contributed by atoms with Crippen molar-refractivity contribution in [3.63, 3.8) is 0 Å². The van der Waals surface area contributed by atoms with Crippen LogP contribution in [-0.2, 0) is 10.0 Å². The molecule has 0 aromatic heterocycles. The number of rotatable bonds is 4. The molecule has 1 heterocycles. The van der Waals surface area contributed by atoms with E-state index < -0.39 is 15.8 Å². The molecule has 144 valence electrons. The van der Waals surface area contributed by atoms with Crippen LogP contribution in [0.25, 0.3) is 0 Å². The molecule has 1 aliphatic rings. The third kappa shape index (κ3) is 4.28. The van der Waals surface area contributed by atoms with E-state index in [-0.39, 0.29) is 22.5 Å². The second-order valence-corrected chi connectivity index (χ2v) is 8.33. The van der Waals surface area contributed by atoms with Crippen molar-refractivity contribution in [3.8, 4) is 0 Å². The van der Waals surface area contributed by atoms with E-state index in [1.807, 2.05) is 6.92 Å². The van der Waals surface area contributed by atoms with E-state index >= 15 is 0 Å². The van der Waals surface area contributed by atoms with Gasteiger partial charge in [0, 0.05) is 36.9 Å². The van der Waals surface area contributed by atoms with Crippen molar-refractivity contribution < 1.29 is 17.6 Å². The number of nitrogens with one attached hydrogen (secondary N) is 2. The molecule has 0 bridgehead atoms. The Balaban J connectivity index is 1.83. The number of hydrogen-bond donors (Lipinski definition) is 2. The predicted molar refractivity (Wildman–Crippen MR) is 102 cm³/mol. The Morgan fingerprint density at radius 3 is 2.74 bits per heavy atom. The molecule has 2 N–H and O–H groups in total. The second-order valence-electron chi connectivity index (χ2n) is 6.65. The zero-order valence-electron chi connectivity index (χ0n) is 15.2. The van der Waals surface area contributed by atoms with Crippen LogP contribution in [0.3, 0.4) is 0 Å². The lowest BCUT2D eigenvalue weighted by Gasteiger charge is -2.34. The second kappa shape index (κ2) is 7.66. The maximum atomic E-state index is 13.7. The maximum absolute atomic E-state index is 13.7. The number of piperazine rings is 1. The van der Waals surface area contributed by atoms with Gasteiger partial charge < -0.3 is 10.2 Å². The molecule has 0 spiro atoms. The fourth-order valence-electron chi connectivity index (χ4n) is 2.98. The number of aryl methyl sites for hydroxylation is 1. The lowest BCUT2D eigenvalue weighted by molar-refractivity contribution is 0.0656. The summed E-state index contributed by atoms with van der Waals surface area (Å²) in [4.78, 5) is 14.3. The average molecular weight is 391 g/mol. The van der Waals surface area contributed by atoms with Crippen LogP contribution in [-0.4, -0.2) is 44.9 Å². The minimum Gasteiger partial charge on any atom is -0.333 e. The van der Waals surface area contributed by atoms with Crippen molar-refractivity contribution in [1.82, 2.24) is 10.2 Å². The van der Waals surface area contributed by atoms with Crippen LogP contribution in [0, 0.1) is 12.7 Å².